The van der Waals surface area contributed by atoms with Crippen LogP contribution in [-0.4, -0.2) is 18.5 Å². The summed E-state index contributed by atoms with van der Waals surface area (Å²) in [5.41, 5.74) is -1.99. The summed E-state index contributed by atoms with van der Waals surface area (Å²) in [5.74, 6) is -5.99. The molecule has 126 valence electrons. The molecule has 22 heavy (non-hydrogen) atoms. The largest absolute Gasteiger partial charge is 0.404 e. The van der Waals surface area contributed by atoms with Gasteiger partial charge in [0.1, 0.15) is 0 Å². The van der Waals surface area contributed by atoms with Crippen molar-refractivity contribution in [2.45, 2.75) is 44.2 Å². The first-order valence-corrected chi connectivity index (χ1v) is 5.95. The molecule has 1 atom stereocenters. The molecule has 0 aliphatic heterocycles. The highest BCUT2D eigenvalue weighted by Crippen LogP contribution is 2.47. The monoisotopic (exact) mass is 338 g/mol. The maximum Gasteiger partial charge on any atom is 0.404 e. The Morgan fingerprint density at radius 3 is 1.45 bits per heavy atom. The van der Waals surface area contributed by atoms with E-state index in [1.54, 1.807) is 0 Å². The number of benzene rings is 1. The van der Waals surface area contributed by atoms with Crippen molar-refractivity contribution in [2.75, 3.05) is 0 Å². The number of hydrogen-bond donors (Lipinski definition) is 0. The summed E-state index contributed by atoms with van der Waals surface area (Å²) in [6.45, 7) is 1.81. The third kappa shape index (κ3) is 4.30. The molecule has 0 N–H and O–H groups in total. The topological polar surface area (TPSA) is 0 Å². The van der Waals surface area contributed by atoms with Gasteiger partial charge >= 0.3 is 18.5 Å². The molecular formula is C13H11F9. The molecule has 0 spiro atoms. The molecule has 0 radical (unpaired) electrons. The molecule has 0 fully saturated rings. The molecule has 0 amide bonds. The third-order valence-electron chi connectivity index (χ3n) is 3.10. The summed E-state index contributed by atoms with van der Waals surface area (Å²) in [7, 11) is 0. The van der Waals surface area contributed by atoms with E-state index in [1.807, 2.05) is 0 Å². The number of aryl methyl sites for hydroxylation is 1. The number of alkyl halides is 9. The Kier molecular flexibility index (Phi) is 4.79. The maximum atomic E-state index is 12.7. The number of rotatable bonds is 2. The first-order chi connectivity index (χ1) is 9.64. The molecule has 0 saturated carbocycles. The van der Waals surface area contributed by atoms with Crippen LogP contribution in [0.25, 0.3) is 0 Å². The van der Waals surface area contributed by atoms with Crippen LogP contribution in [0.2, 0.25) is 0 Å². The Hall–Kier alpha value is -1.41. The summed E-state index contributed by atoms with van der Waals surface area (Å²) < 4.78 is 114. The molecule has 0 heterocycles. The number of hydrogen-bond acceptors (Lipinski definition) is 0. The molecule has 0 saturated heterocycles. The van der Waals surface area contributed by atoms with E-state index in [-0.39, 0.29) is 5.56 Å². The van der Waals surface area contributed by atoms with Gasteiger partial charge in [-0.05, 0) is 25.0 Å². The summed E-state index contributed by atoms with van der Waals surface area (Å²) in [6, 6.07) is 1.83. The van der Waals surface area contributed by atoms with Gasteiger partial charge in [0.05, 0.1) is 5.92 Å². The Morgan fingerprint density at radius 2 is 1.09 bits per heavy atom. The van der Waals surface area contributed by atoms with E-state index in [1.165, 1.54) is 0 Å². The van der Waals surface area contributed by atoms with Crippen molar-refractivity contribution in [1.29, 1.82) is 0 Å². The van der Waals surface area contributed by atoms with E-state index in [2.05, 4.69) is 0 Å². The van der Waals surface area contributed by atoms with Crippen LogP contribution in [0.3, 0.4) is 0 Å². The SMILES string of the molecule is Cc1cc(C(C)C(F)(F)F)cc(C(C(F)(F)F)C(F)(F)F)c1. The highest BCUT2D eigenvalue weighted by molar-refractivity contribution is 5.35. The second-order valence-corrected chi connectivity index (χ2v) is 4.96. The van der Waals surface area contributed by atoms with Gasteiger partial charge in [-0.25, -0.2) is 0 Å². The van der Waals surface area contributed by atoms with Gasteiger partial charge in [0, 0.05) is 0 Å². The minimum Gasteiger partial charge on any atom is -0.170 e. The standard InChI is InChI=1S/C13H11F9/c1-6-3-8(7(2)11(14,15)16)5-9(4-6)10(12(17,18)19)13(20,21)22/h3-5,7,10H,1-2H3. The maximum absolute atomic E-state index is 12.7. The second kappa shape index (κ2) is 5.66. The molecule has 1 aromatic rings. The molecule has 0 aromatic heterocycles. The second-order valence-electron chi connectivity index (χ2n) is 4.96. The van der Waals surface area contributed by atoms with Gasteiger partial charge in [-0.2, -0.15) is 39.5 Å². The predicted molar refractivity (Wildman–Crippen MR) is 60.5 cm³/mol. The van der Waals surface area contributed by atoms with Gasteiger partial charge in [0.15, 0.2) is 5.92 Å². The van der Waals surface area contributed by atoms with Crippen LogP contribution in [0.5, 0.6) is 0 Å². The molecule has 1 aromatic carbocycles. The van der Waals surface area contributed by atoms with Crippen molar-refractivity contribution in [3.05, 3.63) is 34.9 Å². The van der Waals surface area contributed by atoms with Gasteiger partial charge in [-0.3, -0.25) is 0 Å². The molecule has 9 heteroatoms. The van der Waals surface area contributed by atoms with Crippen molar-refractivity contribution in [3.8, 4) is 0 Å². The first-order valence-electron chi connectivity index (χ1n) is 5.95. The highest BCUT2D eigenvalue weighted by Gasteiger charge is 2.57. The lowest BCUT2D eigenvalue weighted by Crippen LogP contribution is -2.34. The molecule has 0 aliphatic rings. The van der Waals surface area contributed by atoms with E-state index in [9.17, 15) is 39.5 Å². The Bertz CT molecular complexity index is 508. The average Bonchev–Trinajstić information content (AvgIpc) is 2.21. The van der Waals surface area contributed by atoms with Crippen LogP contribution < -0.4 is 0 Å². The lowest BCUT2D eigenvalue weighted by atomic mass is 9.90. The van der Waals surface area contributed by atoms with E-state index in [0.717, 1.165) is 13.0 Å². The first kappa shape index (κ1) is 18.6. The quantitative estimate of drug-likeness (QED) is 0.592. The van der Waals surface area contributed by atoms with Crippen molar-refractivity contribution < 1.29 is 39.5 Å². The minimum absolute atomic E-state index is 0.109. The molecule has 1 rings (SSSR count). The molecule has 0 bridgehead atoms. The zero-order valence-electron chi connectivity index (χ0n) is 11.3. The van der Waals surface area contributed by atoms with Crippen molar-refractivity contribution >= 4 is 0 Å². The van der Waals surface area contributed by atoms with Crippen LogP contribution in [-0.2, 0) is 0 Å². The van der Waals surface area contributed by atoms with Gasteiger partial charge < -0.3 is 0 Å². The highest BCUT2D eigenvalue weighted by atomic mass is 19.4. The Balaban J connectivity index is 3.45. The fourth-order valence-electron chi connectivity index (χ4n) is 2.01. The van der Waals surface area contributed by atoms with Crippen molar-refractivity contribution in [3.63, 3.8) is 0 Å². The van der Waals surface area contributed by atoms with Crippen LogP contribution in [0, 0.1) is 6.92 Å². The van der Waals surface area contributed by atoms with Gasteiger partial charge in [0.2, 0.25) is 0 Å². The van der Waals surface area contributed by atoms with E-state index >= 15 is 0 Å². The minimum atomic E-state index is -5.65. The fraction of sp³-hybridized carbons (Fsp3) is 0.538. The Morgan fingerprint density at radius 1 is 0.682 bits per heavy atom. The van der Waals surface area contributed by atoms with E-state index in [4.69, 9.17) is 0 Å². The summed E-state index contributed by atoms with van der Waals surface area (Å²) in [4.78, 5) is 0. The third-order valence-corrected chi connectivity index (χ3v) is 3.10. The summed E-state index contributed by atoms with van der Waals surface area (Å²) in [6.07, 6.45) is -16.1. The average molecular weight is 338 g/mol. The normalized spacial score (nSPS) is 15.3. The smallest absolute Gasteiger partial charge is 0.170 e. The van der Waals surface area contributed by atoms with Gasteiger partial charge in [0.25, 0.3) is 0 Å². The Labute approximate surface area is 119 Å². The van der Waals surface area contributed by atoms with Crippen LogP contribution in [0.4, 0.5) is 39.5 Å². The van der Waals surface area contributed by atoms with Gasteiger partial charge in [-0.1, -0.05) is 23.8 Å². The van der Waals surface area contributed by atoms with E-state index in [0.29, 0.717) is 19.1 Å². The van der Waals surface area contributed by atoms with E-state index < -0.39 is 41.5 Å². The summed E-state index contributed by atoms with van der Waals surface area (Å²) >= 11 is 0. The zero-order chi connectivity index (χ0) is 17.5. The molecule has 0 aliphatic carbocycles. The molecule has 0 nitrogen and oxygen atoms in total. The zero-order valence-corrected chi connectivity index (χ0v) is 11.3. The van der Waals surface area contributed by atoms with Crippen LogP contribution >= 0.6 is 0 Å². The lowest BCUT2D eigenvalue weighted by molar-refractivity contribution is -0.253. The van der Waals surface area contributed by atoms with Gasteiger partial charge in [-0.15, -0.1) is 0 Å². The molecular weight excluding hydrogens is 327 g/mol. The molecule has 1 unspecified atom stereocenters. The number of halogens is 9. The van der Waals surface area contributed by atoms with Crippen LogP contribution in [0.15, 0.2) is 18.2 Å². The summed E-state index contributed by atoms with van der Waals surface area (Å²) in [5, 5.41) is 0. The lowest BCUT2D eigenvalue weighted by Gasteiger charge is -2.25. The van der Waals surface area contributed by atoms with Crippen molar-refractivity contribution in [2.24, 2.45) is 0 Å². The van der Waals surface area contributed by atoms with Crippen LogP contribution in [0.1, 0.15) is 35.4 Å². The predicted octanol–water partition coefficient (Wildman–Crippen LogP) is 5.87. The fourth-order valence-corrected chi connectivity index (χ4v) is 2.01. The van der Waals surface area contributed by atoms with Crippen molar-refractivity contribution in [1.82, 2.24) is 0 Å².